The summed E-state index contributed by atoms with van der Waals surface area (Å²) in [6.07, 6.45) is 2.67. The van der Waals surface area contributed by atoms with Crippen LogP contribution in [0.15, 0.2) is 18.5 Å². The lowest BCUT2D eigenvalue weighted by atomic mass is 10.2. The Bertz CT molecular complexity index is 495. The number of amides is 1. The van der Waals surface area contributed by atoms with E-state index in [-0.39, 0.29) is 13.2 Å². The molecule has 0 saturated carbocycles. The molecule has 1 aromatic rings. The van der Waals surface area contributed by atoms with Crippen molar-refractivity contribution in [1.29, 1.82) is 0 Å². The number of rotatable bonds is 2. The molecule has 0 fully saturated rings. The first-order valence-corrected chi connectivity index (χ1v) is 5.91. The first-order valence-electron chi connectivity index (χ1n) is 5.91. The van der Waals surface area contributed by atoms with Gasteiger partial charge in [-0.25, -0.2) is 4.79 Å². The van der Waals surface area contributed by atoms with Crippen molar-refractivity contribution in [2.75, 3.05) is 6.54 Å². The molecule has 0 aliphatic heterocycles. The molecule has 0 atom stereocenters. The quantitative estimate of drug-likeness (QED) is 0.791. The van der Waals surface area contributed by atoms with Gasteiger partial charge in [-0.1, -0.05) is 11.8 Å². The molecular weight excluding hydrogens is 244 g/mol. The van der Waals surface area contributed by atoms with Crippen LogP contribution in [0.4, 0.5) is 4.79 Å². The third-order valence-corrected chi connectivity index (χ3v) is 1.93. The summed E-state index contributed by atoms with van der Waals surface area (Å²) in [4.78, 5) is 15.3. The highest BCUT2D eigenvalue weighted by atomic mass is 16.6. The SMILES string of the molecule is CC(C)(C)OC(=O)NCC#Cc1cncc(CO)c1. The van der Waals surface area contributed by atoms with E-state index in [2.05, 4.69) is 22.1 Å². The van der Waals surface area contributed by atoms with Gasteiger partial charge in [-0.2, -0.15) is 0 Å². The number of carbonyl (C=O) groups is 1. The zero-order valence-electron chi connectivity index (χ0n) is 11.4. The Morgan fingerprint density at radius 1 is 1.47 bits per heavy atom. The molecule has 102 valence electrons. The number of aromatic nitrogens is 1. The number of alkyl carbamates (subject to hydrolysis) is 1. The molecule has 1 heterocycles. The van der Waals surface area contributed by atoms with E-state index in [4.69, 9.17) is 9.84 Å². The number of nitrogens with one attached hydrogen (secondary N) is 1. The average Bonchev–Trinajstić information content (AvgIpc) is 2.33. The second-order valence-electron chi connectivity index (χ2n) is 4.90. The molecule has 0 aliphatic carbocycles. The summed E-state index contributed by atoms with van der Waals surface area (Å²) in [5.41, 5.74) is 0.876. The monoisotopic (exact) mass is 262 g/mol. The van der Waals surface area contributed by atoms with Crippen molar-refractivity contribution < 1.29 is 14.6 Å². The third-order valence-electron chi connectivity index (χ3n) is 1.93. The molecule has 0 unspecified atom stereocenters. The van der Waals surface area contributed by atoms with Crippen molar-refractivity contribution in [2.24, 2.45) is 0 Å². The summed E-state index contributed by atoms with van der Waals surface area (Å²) in [5.74, 6) is 5.63. The molecule has 1 aromatic heterocycles. The second kappa shape index (κ2) is 6.76. The first kappa shape index (κ1) is 15.0. The highest BCUT2D eigenvalue weighted by molar-refractivity contribution is 5.68. The van der Waals surface area contributed by atoms with Gasteiger partial charge in [0.25, 0.3) is 0 Å². The summed E-state index contributed by atoms with van der Waals surface area (Å²) in [6, 6.07) is 1.74. The van der Waals surface area contributed by atoms with Gasteiger partial charge in [0, 0.05) is 18.0 Å². The fourth-order valence-corrected chi connectivity index (χ4v) is 1.22. The average molecular weight is 262 g/mol. The summed E-state index contributed by atoms with van der Waals surface area (Å²) in [6.45, 7) is 5.51. The molecular formula is C14H18N2O3. The molecule has 0 saturated heterocycles. The maximum atomic E-state index is 11.3. The lowest BCUT2D eigenvalue weighted by molar-refractivity contribution is 0.0535. The van der Waals surface area contributed by atoms with E-state index in [9.17, 15) is 4.79 Å². The van der Waals surface area contributed by atoms with Crippen LogP contribution in [-0.2, 0) is 11.3 Å². The molecule has 1 amide bonds. The molecule has 2 N–H and O–H groups in total. The number of ether oxygens (including phenoxy) is 1. The fourth-order valence-electron chi connectivity index (χ4n) is 1.22. The zero-order chi connectivity index (χ0) is 14.3. The van der Waals surface area contributed by atoms with Gasteiger partial charge in [-0.05, 0) is 32.4 Å². The molecule has 5 nitrogen and oxygen atoms in total. The summed E-state index contributed by atoms with van der Waals surface area (Å²) in [7, 11) is 0. The van der Waals surface area contributed by atoms with Crippen molar-refractivity contribution >= 4 is 6.09 Å². The lowest BCUT2D eigenvalue weighted by Gasteiger charge is -2.18. The summed E-state index contributed by atoms with van der Waals surface area (Å²) < 4.78 is 5.06. The van der Waals surface area contributed by atoms with Crippen LogP contribution in [-0.4, -0.2) is 28.3 Å². The Morgan fingerprint density at radius 3 is 2.84 bits per heavy atom. The predicted molar refractivity (Wildman–Crippen MR) is 71.3 cm³/mol. The van der Waals surface area contributed by atoms with Crippen molar-refractivity contribution in [3.63, 3.8) is 0 Å². The van der Waals surface area contributed by atoms with Crippen LogP contribution in [0.2, 0.25) is 0 Å². The second-order valence-corrected chi connectivity index (χ2v) is 4.90. The van der Waals surface area contributed by atoms with Gasteiger partial charge in [-0.15, -0.1) is 0 Å². The minimum Gasteiger partial charge on any atom is -0.444 e. The van der Waals surface area contributed by atoms with Gasteiger partial charge in [0.1, 0.15) is 5.60 Å². The summed E-state index contributed by atoms with van der Waals surface area (Å²) >= 11 is 0. The normalized spacial score (nSPS) is 10.3. The Kier molecular flexibility index (Phi) is 5.34. The molecule has 1 rings (SSSR count). The van der Waals surface area contributed by atoms with Crippen molar-refractivity contribution in [1.82, 2.24) is 10.3 Å². The molecule has 19 heavy (non-hydrogen) atoms. The van der Waals surface area contributed by atoms with Gasteiger partial charge in [0.15, 0.2) is 0 Å². The van der Waals surface area contributed by atoms with Crippen LogP contribution in [0.25, 0.3) is 0 Å². The smallest absolute Gasteiger partial charge is 0.408 e. The van der Waals surface area contributed by atoms with E-state index in [1.807, 2.05) is 0 Å². The van der Waals surface area contributed by atoms with E-state index in [0.717, 1.165) is 0 Å². The van der Waals surface area contributed by atoms with Gasteiger partial charge >= 0.3 is 6.09 Å². The third kappa shape index (κ3) is 6.43. The number of hydrogen-bond acceptors (Lipinski definition) is 4. The minimum atomic E-state index is -0.517. The minimum absolute atomic E-state index is 0.0708. The Labute approximate surface area is 113 Å². The maximum Gasteiger partial charge on any atom is 0.408 e. The van der Waals surface area contributed by atoms with Crippen molar-refractivity contribution in [3.8, 4) is 11.8 Å². The van der Waals surface area contributed by atoms with E-state index < -0.39 is 11.7 Å². The van der Waals surface area contributed by atoms with Crippen LogP contribution in [0.1, 0.15) is 31.9 Å². The fraction of sp³-hybridized carbons (Fsp3) is 0.429. The number of hydrogen-bond donors (Lipinski definition) is 2. The van der Waals surface area contributed by atoms with Gasteiger partial charge in [0.05, 0.1) is 13.2 Å². The topological polar surface area (TPSA) is 71.5 Å². The number of carbonyl (C=O) groups excluding carboxylic acids is 1. The predicted octanol–water partition coefficient (Wildman–Crippen LogP) is 1.45. The molecule has 0 aromatic carbocycles. The standard InChI is InChI=1S/C14H18N2O3/c1-14(2,3)19-13(18)16-6-4-5-11-7-12(10-17)9-15-8-11/h7-9,17H,6,10H2,1-3H3,(H,16,18). The van der Waals surface area contributed by atoms with E-state index in [0.29, 0.717) is 11.1 Å². The number of nitrogens with zero attached hydrogens (tertiary/aromatic N) is 1. The number of pyridine rings is 1. The van der Waals surface area contributed by atoms with Crippen molar-refractivity contribution in [2.45, 2.75) is 33.0 Å². The lowest BCUT2D eigenvalue weighted by Crippen LogP contribution is -2.32. The van der Waals surface area contributed by atoms with Crippen LogP contribution in [0.3, 0.4) is 0 Å². The largest absolute Gasteiger partial charge is 0.444 e. The summed E-state index contributed by atoms with van der Waals surface area (Å²) in [5, 5.41) is 11.5. The number of aliphatic hydroxyl groups is 1. The van der Waals surface area contributed by atoms with Gasteiger partial charge in [0.2, 0.25) is 0 Å². The molecule has 0 spiro atoms. The van der Waals surface area contributed by atoms with Crippen LogP contribution in [0.5, 0.6) is 0 Å². The number of aliphatic hydroxyl groups excluding tert-OH is 1. The van der Waals surface area contributed by atoms with E-state index in [1.54, 1.807) is 39.2 Å². The highest BCUT2D eigenvalue weighted by Gasteiger charge is 2.14. The van der Waals surface area contributed by atoms with Gasteiger partial charge in [-0.3, -0.25) is 4.98 Å². The van der Waals surface area contributed by atoms with Crippen LogP contribution >= 0.6 is 0 Å². The maximum absolute atomic E-state index is 11.3. The Morgan fingerprint density at radius 2 is 2.21 bits per heavy atom. The highest BCUT2D eigenvalue weighted by Crippen LogP contribution is 2.06. The van der Waals surface area contributed by atoms with Crippen molar-refractivity contribution in [3.05, 3.63) is 29.6 Å². The van der Waals surface area contributed by atoms with E-state index >= 15 is 0 Å². The first-order chi connectivity index (χ1) is 8.90. The zero-order valence-corrected chi connectivity index (χ0v) is 11.4. The van der Waals surface area contributed by atoms with Crippen LogP contribution in [0, 0.1) is 11.8 Å². The van der Waals surface area contributed by atoms with Gasteiger partial charge < -0.3 is 15.2 Å². The molecule has 0 radical (unpaired) electrons. The Hall–Kier alpha value is -2.06. The molecule has 0 bridgehead atoms. The molecule has 0 aliphatic rings. The van der Waals surface area contributed by atoms with Crippen LogP contribution < -0.4 is 5.32 Å². The van der Waals surface area contributed by atoms with E-state index in [1.165, 1.54) is 0 Å². The Balaban J connectivity index is 2.45. The molecule has 5 heteroatoms.